The van der Waals surface area contributed by atoms with Crippen molar-refractivity contribution in [2.45, 2.75) is 42.4 Å². The zero-order chi connectivity index (χ0) is 24.1. The predicted octanol–water partition coefficient (Wildman–Crippen LogP) is 2.71. The van der Waals surface area contributed by atoms with Gasteiger partial charge < -0.3 is 10.1 Å². The molecular weight excluding hydrogens is 468 g/mol. The number of anilines is 2. The number of carbonyl (C=O) groups excluding carboxylic acids is 1. The Balaban J connectivity index is 1.83. The number of ether oxygens (including phenoxy) is 1. The number of carbonyl (C=O) groups is 1. The second kappa shape index (κ2) is 10.2. The van der Waals surface area contributed by atoms with Crippen molar-refractivity contribution in [2.75, 3.05) is 23.7 Å². The van der Waals surface area contributed by atoms with Crippen molar-refractivity contribution >= 4 is 43.2 Å². The Labute approximate surface area is 193 Å². The quantitative estimate of drug-likeness (QED) is 0.540. The molecule has 0 radical (unpaired) electrons. The lowest BCUT2D eigenvalue weighted by Gasteiger charge is -2.14. The van der Waals surface area contributed by atoms with E-state index >= 15 is 0 Å². The lowest BCUT2D eigenvalue weighted by atomic mass is 10.2. The average Bonchev–Trinajstić information content (AvgIpc) is 3.01. The van der Waals surface area contributed by atoms with Gasteiger partial charge in [0.15, 0.2) is 0 Å². The van der Waals surface area contributed by atoms with Gasteiger partial charge in [-0.1, -0.05) is 12.5 Å². The smallest absolute Gasteiger partial charge is 0.262 e. The molecule has 1 amide bonds. The van der Waals surface area contributed by atoms with Gasteiger partial charge in [0.05, 0.1) is 28.3 Å². The van der Waals surface area contributed by atoms with Gasteiger partial charge in [-0.15, -0.1) is 0 Å². The molecular formula is C21H26N4O6S2. The summed E-state index contributed by atoms with van der Waals surface area (Å²) in [4.78, 5) is 15.4. The Hall–Kier alpha value is -3.12. The molecule has 0 saturated heterocycles. The van der Waals surface area contributed by atoms with Gasteiger partial charge in [0.25, 0.3) is 20.0 Å². The zero-order valence-corrected chi connectivity index (χ0v) is 19.9. The van der Waals surface area contributed by atoms with Crippen LogP contribution in [0.3, 0.4) is 0 Å². The minimum absolute atomic E-state index is 0.0746. The van der Waals surface area contributed by atoms with Crippen LogP contribution in [0.5, 0.6) is 5.75 Å². The minimum Gasteiger partial charge on any atom is -0.495 e. The molecule has 178 valence electrons. The molecule has 0 aromatic heterocycles. The fourth-order valence-corrected chi connectivity index (χ4v) is 5.44. The fourth-order valence-electron chi connectivity index (χ4n) is 3.24. The zero-order valence-electron chi connectivity index (χ0n) is 18.3. The summed E-state index contributed by atoms with van der Waals surface area (Å²) >= 11 is 0. The third-order valence-electron chi connectivity index (χ3n) is 4.82. The Morgan fingerprint density at radius 2 is 1.67 bits per heavy atom. The van der Waals surface area contributed by atoms with E-state index in [0.29, 0.717) is 24.5 Å². The normalized spacial score (nSPS) is 14.5. The van der Waals surface area contributed by atoms with E-state index in [0.717, 1.165) is 19.3 Å². The maximum Gasteiger partial charge on any atom is 0.262 e. The molecule has 0 spiro atoms. The van der Waals surface area contributed by atoms with Crippen LogP contribution in [0, 0.1) is 0 Å². The number of nitrogens with one attached hydrogen (secondary N) is 3. The summed E-state index contributed by atoms with van der Waals surface area (Å²) in [6.07, 6.45) is 3.30. The first-order valence-corrected chi connectivity index (χ1v) is 13.2. The van der Waals surface area contributed by atoms with Crippen molar-refractivity contribution in [3.63, 3.8) is 0 Å². The first-order chi connectivity index (χ1) is 15.6. The van der Waals surface area contributed by atoms with Crippen molar-refractivity contribution in [3.8, 4) is 5.75 Å². The SMILES string of the molecule is COc1cc(S(=O)(=O)Nc2cccc(S(=O)(=O)NC3=NCCCCC3)c2)ccc1NC(C)=O. The van der Waals surface area contributed by atoms with Crippen LogP contribution in [0.4, 0.5) is 11.4 Å². The number of sulfonamides is 2. The molecule has 1 aliphatic rings. The van der Waals surface area contributed by atoms with Crippen molar-refractivity contribution < 1.29 is 26.4 Å². The third kappa shape index (κ3) is 6.45. The topological polar surface area (TPSA) is 143 Å². The van der Waals surface area contributed by atoms with Gasteiger partial charge >= 0.3 is 0 Å². The lowest BCUT2D eigenvalue weighted by molar-refractivity contribution is -0.114. The van der Waals surface area contributed by atoms with Crippen LogP contribution >= 0.6 is 0 Å². The number of amides is 1. The Morgan fingerprint density at radius 3 is 2.39 bits per heavy atom. The van der Waals surface area contributed by atoms with Crippen molar-refractivity contribution in [3.05, 3.63) is 42.5 Å². The average molecular weight is 495 g/mol. The lowest BCUT2D eigenvalue weighted by Crippen LogP contribution is -2.30. The number of hydrogen-bond acceptors (Lipinski definition) is 7. The second-order valence-corrected chi connectivity index (χ2v) is 10.8. The van der Waals surface area contributed by atoms with Crippen LogP contribution in [0.1, 0.15) is 32.6 Å². The largest absolute Gasteiger partial charge is 0.495 e. The molecule has 1 heterocycles. The molecule has 33 heavy (non-hydrogen) atoms. The summed E-state index contributed by atoms with van der Waals surface area (Å²) in [5, 5.41) is 2.55. The van der Waals surface area contributed by atoms with Crippen molar-refractivity contribution in [1.82, 2.24) is 4.72 Å². The molecule has 0 saturated carbocycles. The predicted molar refractivity (Wildman–Crippen MR) is 126 cm³/mol. The van der Waals surface area contributed by atoms with E-state index in [1.54, 1.807) is 0 Å². The number of nitrogens with zero attached hydrogens (tertiary/aromatic N) is 1. The molecule has 3 rings (SSSR count). The van der Waals surface area contributed by atoms with E-state index in [1.165, 1.54) is 56.5 Å². The number of aliphatic imine (C=N–C) groups is 1. The van der Waals surface area contributed by atoms with Gasteiger partial charge in [-0.25, -0.2) is 16.8 Å². The van der Waals surface area contributed by atoms with Crippen LogP contribution in [0.15, 0.2) is 57.2 Å². The molecule has 12 heteroatoms. The summed E-state index contributed by atoms with van der Waals surface area (Å²) in [5.74, 6) is 0.242. The van der Waals surface area contributed by atoms with E-state index in [9.17, 15) is 21.6 Å². The summed E-state index contributed by atoms with van der Waals surface area (Å²) in [6.45, 7) is 1.89. The highest BCUT2D eigenvalue weighted by molar-refractivity contribution is 7.92. The summed E-state index contributed by atoms with van der Waals surface area (Å²) < 4.78 is 61.4. The molecule has 2 aromatic carbocycles. The molecule has 2 aromatic rings. The maximum absolute atomic E-state index is 12.9. The molecule has 0 fully saturated rings. The first-order valence-electron chi connectivity index (χ1n) is 10.3. The molecule has 1 aliphatic heterocycles. The van der Waals surface area contributed by atoms with Gasteiger partial charge in [-0.05, 0) is 43.2 Å². The van der Waals surface area contributed by atoms with Crippen LogP contribution < -0.4 is 19.5 Å². The first kappa shape index (κ1) is 24.5. The fraction of sp³-hybridized carbons (Fsp3) is 0.333. The number of hydrogen-bond donors (Lipinski definition) is 3. The van der Waals surface area contributed by atoms with Crippen molar-refractivity contribution in [2.24, 2.45) is 4.99 Å². The van der Waals surface area contributed by atoms with Gasteiger partial charge in [0, 0.05) is 26.0 Å². The van der Waals surface area contributed by atoms with E-state index < -0.39 is 20.0 Å². The van der Waals surface area contributed by atoms with E-state index in [1.807, 2.05) is 0 Å². The number of benzene rings is 2. The Kier molecular flexibility index (Phi) is 7.59. The van der Waals surface area contributed by atoms with E-state index in [4.69, 9.17) is 4.74 Å². The highest BCUT2D eigenvalue weighted by atomic mass is 32.2. The van der Waals surface area contributed by atoms with E-state index in [-0.39, 0.29) is 27.1 Å². The Bertz CT molecular complexity index is 1270. The summed E-state index contributed by atoms with van der Waals surface area (Å²) in [6, 6.07) is 9.49. The van der Waals surface area contributed by atoms with Crippen LogP contribution in [-0.2, 0) is 24.8 Å². The molecule has 3 N–H and O–H groups in total. The van der Waals surface area contributed by atoms with Gasteiger partial charge in [-0.2, -0.15) is 0 Å². The minimum atomic E-state index is -4.07. The summed E-state index contributed by atoms with van der Waals surface area (Å²) in [5.41, 5.74) is 0.398. The molecule has 0 unspecified atom stereocenters. The molecule has 10 nitrogen and oxygen atoms in total. The number of methoxy groups -OCH3 is 1. The molecule has 0 atom stereocenters. The number of rotatable bonds is 7. The monoisotopic (exact) mass is 494 g/mol. The van der Waals surface area contributed by atoms with Crippen LogP contribution in [0.25, 0.3) is 0 Å². The number of amidine groups is 1. The van der Waals surface area contributed by atoms with Crippen LogP contribution in [0.2, 0.25) is 0 Å². The summed E-state index contributed by atoms with van der Waals surface area (Å²) in [7, 11) is -6.64. The third-order valence-corrected chi connectivity index (χ3v) is 7.57. The highest BCUT2D eigenvalue weighted by Gasteiger charge is 2.21. The maximum atomic E-state index is 12.9. The van der Waals surface area contributed by atoms with Gasteiger partial charge in [0.2, 0.25) is 5.91 Å². The highest BCUT2D eigenvalue weighted by Crippen LogP contribution is 2.29. The van der Waals surface area contributed by atoms with Gasteiger partial charge in [0.1, 0.15) is 11.6 Å². The van der Waals surface area contributed by atoms with E-state index in [2.05, 4.69) is 19.8 Å². The molecule has 0 aliphatic carbocycles. The standard InChI is InChI=1S/C21H26N4O6S2/c1-15(26)23-19-11-10-18(14-20(19)31-2)32(27,28)24-16-7-6-8-17(13-16)33(29,30)25-21-9-4-3-5-12-22-21/h6-8,10-11,13-14,24H,3-5,9,12H2,1-2H3,(H,22,25)(H,23,26). The second-order valence-electron chi connectivity index (χ2n) is 7.42. The van der Waals surface area contributed by atoms with Crippen molar-refractivity contribution in [1.29, 1.82) is 0 Å². The van der Waals surface area contributed by atoms with Gasteiger partial charge in [-0.3, -0.25) is 19.2 Å². The van der Waals surface area contributed by atoms with Crippen LogP contribution in [-0.4, -0.2) is 42.2 Å². The Morgan fingerprint density at radius 1 is 0.939 bits per heavy atom. The molecule has 0 bridgehead atoms.